The number of hydrogen-bond donors (Lipinski definition) is 0. The van der Waals surface area contributed by atoms with Gasteiger partial charge in [-0.1, -0.05) is 39.3 Å². The number of nitrogens with zero attached hydrogens (tertiary/aromatic N) is 4. The van der Waals surface area contributed by atoms with Gasteiger partial charge in [0.05, 0.1) is 0 Å². The van der Waals surface area contributed by atoms with Crippen LogP contribution in [0.5, 0.6) is 0 Å². The van der Waals surface area contributed by atoms with Crippen molar-refractivity contribution in [3.8, 4) is 0 Å². The van der Waals surface area contributed by atoms with Gasteiger partial charge < -0.3 is 0 Å². The highest BCUT2D eigenvalue weighted by atomic mass is 31.3. The standard InChI is InChI=1S/C10H30N4P2Si2/c1-11(2)15-13(17(5,6)7)16(12(3)4)14(15)18(8,9)10/h1-10H3. The molecule has 1 heterocycles. The third-order valence-corrected chi connectivity index (χ3v) is 19.0. The summed E-state index contributed by atoms with van der Waals surface area (Å²) in [4.78, 5) is 0. The molecule has 0 amide bonds. The minimum Gasteiger partial charge on any atom is -0.264 e. The van der Waals surface area contributed by atoms with Crippen LogP contribution in [0.1, 0.15) is 0 Å². The molecule has 1 rings (SSSR count). The van der Waals surface area contributed by atoms with Gasteiger partial charge in [0, 0.05) is 0 Å². The minimum atomic E-state index is -1.26. The van der Waals surface area contributed by atoms with Crippen LogP contribution in [0.2, 0.25) is 39.3 Å². The van der Waals surface area contributed by atoms with Gasteiger partial charge in [-0.2, -0.15) is 0 Å². The second-order valence-corrected chi connectivity index (χ2v) is 23.1. The summed E-state index contributed by atoms with van der Waals surface area (Å²) in [6, 6.07) is 0. The van der Waals surface area contributed by atoms with Crippen molar-refractivity contribution in [1.29, 1.82) is 0 Å². The van der Waals surface area contributed by atoms with E-state index < -0.39 is 16.5 Å². The molecule has 1 aliphatic rings. The highest BCUT2D eigenvalue weighted by Gasteiger charge is 2.58. The van der Waals surface area contributed by atoms with Crippen LogP contribution in [0.25, 0.3) is 0 Å². The summed E-state index contributed by atoms with van der Waals surface area (Å²) in [5.41, 5.74) is 0. The molecule has 0 unspecified atom stereocenters. The van der Waals surface area contributed by atoms with Crippen LogP contribution in [0.3, 0.4) is 0 Å². The summed E-state index contributed by atoms with van der Waals surface area (Å²) in [5.74, 6) is 0. The molecule has 1 fully saturated rings. The van der Waals surface area contributed by atoms with Crippen LogP contribution >= 0.6 is 16.7 Å². The van der Waals surface area contributed by atoms with Crippen molar-refractivity contribution in [3.63, 3.8) is 0 Å². The highest BCUT2D eigenvalue weighted by molar-refractivity contribution is 7.85. The van der Waals surface area contributed by atoms with E-state index in [1.54, 1.807) is 0 Å². The summed E-state index contributed by atoms with van der Waals surface area (Å²) in [5, 5.41) is 0. The molecule has 0 N–H and O–H groups in total. The molecular formula is C10H30N4P2Si2. The van der Waals surface area contributed by atoms with Crippen LogP contribution < -0.4 is 0 Å². The molecular weight excluding hydrogens is 294 g/mol. The first-order chi connectivity index (χ1) is 7.89. The molecule has 108 valence electrons. The predicted octanol–water partition coefficient (Wildman–Crippen LogP) is 3.85. The minimum absolute atomic E-state index is 0.221. The van der Waals surface area contributed by atoms with Gasteiger partial charge >= 0.3 is 0 Å². The average molecular weight is 324 g/mol. The number of rotatable bonds is 4. The molecule has 0 spiro atoms. The van der Waals surface area contributed by atoms with Crippen molar-refractivity contribution in [2.75, 3.05) is 28.2 Å². The second-order valence-electron chi connectivity index (χ2n) is 7.15. The molecule has 0 aromatic rings. The van der Waals surface area contributed by atoms with E-state index in [-0.39, 0.29) is 16.7 Å². The molecule has 1 saturated heterocycles. The molecule has 0 atom stereocenters. The molecule has 1 aliphatic heterocycles. The van der Waals surface area contributed by atoms with Gasteiger partial charge in [-0.15, -0.1) is 0 Å². The first-order valence-corrected chi connectivity index (χ1v) is 15.7. The Labute approximate surface area is 118 Å². The van der Waals surface area contributed by atoms with Crippen LogP contribution in [0.15, 0.2) is 0 Å². The summed E-state index contributed by atoms with van der Waals surface area (Å²) in [6.07, 6.45) is 0. The summed E-state index contributed by atoms with van der Waals surface area (Å²) >= 11 is 0. The Hall–Kier alpha value is 1.13. The SMILES string of the molecule is CN(C)P1N([Si](C)(C)C)P(N(C)C)N1[Si](C)(C)C. The van der Waals surface area contributed by atoms with E-state index in [9.17, 15) is 0 Å². The Morgan fingerprint density at radius 2 is 0.833 bits per heavy atom. The zero-order chi connectivity index (χ0) is 14.5. The normalized spacial score (nSPS) is 28.0. The van der Waals surface area contributed by atoms with Crippen LogP contribution in [-0.2, 0) is 0 Å². The summed E-state index contributed by atoms with van der Waals surface area (Å²) in [7, 11) is 6.02. The average Bonchev–Trinajstić information content (AvgIpc) is 1.92. The van der Waals surface area contributed by atoms with Crippen LogP contribution in [0, 0.1) is 0 Å². The van der Waals surface area contributed by atoms with Gasteiger partial charge in [0.2, 0.25) is 0 Å². The van der Waals surface area contributed by atoms with Gasteiger partial charge in [0.1, 0.15) is 33.2 Å². The quantitative estimate of drug-likeness (QED) is 0.575. The van der Waals surface area contributed by atoms with E-state index >= 15 is 0 Å². The monoisotopic (exact) mass is 324 g/mol. The Kier molecular flexibility index (Phi) is 5.24. The predicted molar refractivity (Wildman–Crippen MR) is 91.6 cm³/mol. The Bertz CT molecular complexity index is 263. The van der Waals surface area contributed by atoms with E-state index in [2.05, 4.69) is 85.0 Å². The van der Waals surface area contributed by atoms with Crippen LogP contribution in [-0.4, -0.2) is 62.2 Å². The third-order valence-electron chi connectivity index (χ3n) is 2.59. The summed E-state index contributed by atoms with van der Waals surface area (Å²) in [6.45, 7) is 14.9. The van der Waals surface area contributed by atoms with Crippen molar-refractivity contribution < 1.29 is 0 Å². The topological polar surface area (TPSA) is 13.0 Å². The van der Waals surface area contributed by atoms with Gasteiger partial charge in [-0.05, 0) is 28.2 Å². The zero-order valence-corrected chi connectivity index (χ0v) is 17.5. The molecule has 0 aromatic carbocycles. The zero-order valence-electron chi connectivity index (χ0n) is 13.7. The van der Waals surface area contributed by atoms with Crippen molar-refractivity contribution in [3.05, 3.63) is 0 Å². The van der Waals surface area contributed by atoms with Crippen molar-refractivity contribution in [1.82, 2.24) is 17.6 Å². The number of hydrogen-bond acceptors (Lipinski definition) is 4. The van der Waals surface area contributed by atoms with E-state index in [1.807, 2.05) is 0 Å². The second kappa shape index (κ2) is 5.49. The van der Waals surface area contributed by atoms with Gasteiger partial charge in [0.25, 0.3) is 0 Å². The van der Waals surface area contributed by atoms with E-state index in [1.165, 1.54) is 0 Å². The fraction of sp³-hybridized carbons (Fsp3) is 1.00. The Morgan fingerprint density at radius 1 is 0.611 bits per heavy atom. The molecule has 8 heteroatoms. The first-order valence-electron chi connectivity index (χ1n) is 6.44. The molecule has 4 nitrogen and oxygen atoms in total. The Balaban J connectivity index is 3.11. The molecule has 0 saturated carbocycles. The maximum atomic E-state index is 2.87. The Morgan fingerprint density at radius 3 is 0.944 bits per heavy atom. The lowest BCUT2D eigenvalue weighted by Gasteiger charge is -2.67. The van der Waals surface area contributed by atoms with E-state index in [4.69, 9.17) is 0 Å². The maximum absolute atomic E-state index is 2.87. The smallest absolute Gasteiger partial charge is 0.134 e. The van der Waals surface area contributed by atoms with Crippen molar-refractivity contribution >= 4 is 33.2 Å². The van der Waals surface area contributed by atoms with Crippen LogP contribution in [0.4, 0.5) is 0 Å². The lowest BCUT2D eigenvalue weighted by Crippen LogP contribution is -2.61. The van der Waals surface area contributed by atoms with Gasteiger partial charge in [0.15, 0.2) is 0 Å². The molecule has 0 radical (unpaired) electrons. The van der Waals surface area contributed by atoms with E-state index in [0.29, 0.717) is 0 Å². The first kappa shape index (κ1) is 17.2. The molecule has 0 bridgehead atoms. The largest absolute Gasteiger partial charge is 0.264 e. The fourth-order valence-electron chi connectivity index (χ4n) is 2.02. The molecule has 18 heavy (non-hydrogen) atoms. The lowest BCUT2D eigenvalue weighted by molar-refractivity contribution is 0.541. The molecule has 0 aromatic heterocycles. The van der Waals surface area contributed by atoms with Crippen molar-refractivity contribution in [2.24, 2.45) is 0 Å². The van der Waals surface area contributed by atoms with E-state index in [0.717, 1.165) is 0 Å². The van der Waals surface area contributed by atoms with Gasteiger partial charge in [-0.3, -0.25) is 9.34 Å². The highest BCUT2D eigenvalue weighted by Crippen LogP contribution is 2.80. The fourth-order valence-corrected chi connectivity index (χ4v) is 20.5. The maximum Gasteiger partial charge on any atom is 0.134 e. The summed E-state index contributed by atoms with van der Waals surface area (Å²) < 4.78 is 10.6. The molecule has 0 aliphatic carbocycles. The van der Waals surface area contributed by atoms with Crippen molar-refractivity contribution in [2.45, 2.75) is 39.3 Å². The van der Waals surface area contributed by atoms with Gasteiger partial charge in [-0.25, -0.2) is 8.21 Å². The lowest BCUT2D eigenvalue weighted by atomic mass is 11.3. The third kappa shape index (κ3) is 3.23.